The van der Waals surface area contributed by atoms with Crippen LogP contribution in [-0.4, -0.2) is 47.2 Å². The Labute approximate surface area is 183 Å². The number of nitrogens with zero attached hydrogens (tertiary/aromatic N) is 4. The smallest absolute Gasteiger partial charge is 0.258 e. The van der Waals surface area contributed by atoms with E-state index in [0.717, 1.165) is 18.9 Å². The first-order valence-electron chi connectivity index (χ1n) is 9.23. The Morgan fingerprint density at radius 3 is 2.47 bits per heavy atom. The summed E-state index contributed by atoms with van der Waals surface area (Å²) in [6.45, 7) is 2.95. The first-order valence-corrected chi connectivity index (χ1v) is 9.99. The SMILES string of the molecule is O=C(Nc1ccnc(Nc2cnc(N3CCOCC3)cn2)c1)c1c(Cl)cccc1Cl. The zero-order chi connectivity index (χ0) is 20.9. The molecule has 3 heterocycles. The van der Waals surface area contributed by atoms with E-state index in [1.54, 1.807) is 48.9 Å². The summed E-state index contributed by atoms with van der Waals surface area (Å²) in [5.74, 6) is 1.44. The molecular formula is C20H18Cl2N6O2. The number of halogens is 2. The molecule has 0 unspecified atom stereocenters. The van der Waals surface area contributed by atoms with Gasteiger partial charge in [0.2, 0.25) is 0 Å². The summed E-state index contributed by atoms with van der Waals surface area (Å²) in [4.78, 5) is 27.8. The zero-order valence-electron chi connectivity index (χ0n) is 15.8. The highest BCUT2D eigenvalue weighted by Gasteiger charge is 2.15. The maximum Gasteiger partial charge on any atom is 0.258 e. The predicted octanol–water partition coefficient (Wildman–Crippen LogP) is 4.01. The molecule has 0 bridgehead atoms. The number of nitrogens with one attached hydrogen (secondary N) is 2. The van der Waals surface area contributed by atoms with Crippen molar-refractivity contribution in [1.29, 1.82) is 0 Å². The van der Waals surface area contributed by atoms with Crippen LogP contribution in [0.25, 0.3) is 0 Å². The van der Waals surface area contributed by atoms with Crippen molar-refractivity contribution >= 4 is 52.3 Å². The Kier molecular flexibility index (Phi) is 6.27. The summed E-state index contributed by atoms with van der Waals surface area (Å²) in [7, 11) is 0. The fourth-order valence-electron chi connectivity index (χ4n) is 2.96. The molecule has 2 aromatic heterocycles. The van der Waals surface area contributed by atoms with Crippen LogP contribution in [0.15, 0.2) is 48.9 Å². The third kappa shape index (κ3) is 4.79. The van der Waals surface area contributed by atoms with Crippen molar-refractivity contribution in [3.63, 3.8) is 0 Å². The van der Waals surface area contributed by atoms with Gasteiger partial charge in [-0.2, -0.15) is 0 Å². The quantitative estimate of drug-likeness (QED) is 0.613. The molecule has 30 heavy (non-hydrogen) atoms. The number of amides is 1. The lowest BCUT2D eigenvalue weighted by atomic mass is 10.2. The monoisotopic (exact) mass is 444 g/mol. The lowest BCUT2D eigenvalue weighted by molar-refractivity contribution is 0.102. The summed E-state index contributed by atoms with van der Waals surface area (Å²) in [5, 5.41) is 6.42. The molecule has 1 aliphatic heterocycles. The van der Waals surface area contributed by atoms with E-state index >= 15 is 0 Å². The number of ether oxygens (including phenoxy) is 1. The van der Waals surface area contributed by atoms with Gasteiger partial charge in [-0.1, -0.05) is 29.3 Å². The number of morpholine rings is 1. The number of rotatable bonds is 5. The maximum absolute atomic E-state index is 12.6. The van der Waals surface area contributed by atoms with E-state index in [-0.39, 0.29) is 15.6 Å². The average Bonchev–Trinajstić information content (AvgIpc) is 2.75. The van der Waals surface area contributed by atoms with E-state index in [4.69, 9.17) is 27.9 Å². The van der Waals surface area contributed by atoms with E-state index in [1.807, 2.05) is 0 Å². The van der Waals surface area contributed by atoms with E-state index in [9.17, 15) is 4.79 Å². The molecule has 8 nitrogen and oxygen atoms in total. The molecule has 10 heteroatoms. The Balaban J connectivity index is 1.44. The van der Waals surface area contributed by atoms with Gasteiger partial charge in [0.25, 0.3) is 5.91 Å². The number of carbonyl (C=O) groups excluding carboxylic acids is 1. The Hall–Kier alpha value is -2.94. The highest BCUT2D eigenvalue weighted by molar-refractivity contribution is 6.40. The lowest BCUT2D eigenvalue weighted by Gasteiger charge is -2.27. The number of benzene rings is 1. The van der Waals surface area contributed by atoms with Crippen molar-refractivity contribution in [2.24, 2.45) is 0 Å². The van der Waals surface area contributed by atoms with E-state index in [2.05, 4.69) is 30.5 Å². The van der Waals surface area contributed by atoms with Gasteiger partial charge >= 0.3 is 0 Å². The van der Waals surface area contributed by atoms with Crippen molar-refractivity contribution in [3.05, 3.63) is 64.5 Å². The number of hydrogen-bond acceptors (Lipinski definition) is 7. The van der Waals surface area contributed by atoms with Crippen molar-refractivity contribution in [1.82, 2.24) is 15.0 Å². The number of pyridine rings is 1. The zero-order valence-corrected chi connectivity index (χ0v) is 17.3. The highest BCUT2D eigenvalue weighted by atomic mass is 35.5. The third-order valence-corrected chi connectivity index (χ3v) is 5.07. The minimum atomic E-state index is -0.405. The fourth-order valence-corrected chi connectivity index (χ4v) is 3.53. The second kappa shape index (κ2) is 9.25. The second-order valence-electron chi connectivity index (χ2n) is 6.46. The first kappa shape index (κ1) is 20.3. The standard InChI is InChI=1S/C20H18Cl2N6O2/c21-14-2-1-3-15(22)19(14)20(29)26-13-4-5-23-16(10-13)27-17-11-25-18(12-24-17)28-6-8-30-9-7-28/h1-5,10-12H,6-9H2,(H2,23,24,26,27,29). The van der Waals surface area contributed by atoms with Crippen LogP contribution in [0.2, 0.25) is 10.0 Å². The normalized spacial score (nSPS) is 13.7. The molecule has 1 saturated heterocycles. The van der Waals surface area contributed by atoms with Crippen molar-refractivity contribution in [2.45, 2.75) is 0 Å². The van der Waals surface area contributed by atoms with Crippen LogP contribution in [0.5, 0.6) is 0 Å². The molecule has 4 rings (SSSR count). The number of aromatic nitrogens is 3. The van der Waals surface area contributed by atoms with Gasteiger partial charge in [0, 0.05) is 31.0 Å². The predicted molar refractivity (Wildman–Crippen MR) is 117 cm³/mol. The van der Waals surface area contributed by atoms with Crippen LogP contribution < -0.4 is 15.5 Å². The molecular weight excluding hydrogens is 427 g/mol. The van der Waals surface area contributed by atoms with E-state index in [0.29, 0.717) is 30.5 Å². The minimum Gasteiger partial charge on any atom is -0.378 e. The van der Waals surface area contributed by atoms with Gasteiger partial charge in [-0.05, 0) is 18.2 Å². The van der Waals surface area contributed by atoms with Crippen LogP contribution in [0.4, 0.5) is 23.1 Å². The van der Waals surface area contributed by atoms with Crippen LogP contribution in [0.1, 0.15) is 10.4 Å². The maximum atomic E-state index is 12.6. The number of hydrogen-bond donors (Lipinski definition) is 2. The summed E-state index contributed by atoms with van der Waals surface area (Å²) in [5.41, 5.74) is 0.753. The van der Waals surface area contributed by atoms with Gasteiger partial charge in [0.15, 0.2) is 0 Å². The minimum absolute atomic E-state index is 0.219. The summed E-state index contributed by atoms with van der Waals surface area (Å²) in [6, 6.07) is 8.25. The first-order chi connectivity index (χ1) is 14.6. The Morgan fingerprint density at radius 2 is 1.77 bits per heavy atom. The summed E-state index contributed by atoms with van der Waals surface area (Å²) < 4.78 is 5.35. The average molecular weight is 445 g/mol. The molecule has 0 atom stereocenters. The molecule has 0 radical (unpaired) electrons. The van der Waals surface area contributed by atoms with E-state index in [1.165, 1.54) is 0 Å². The molecule has 0 saturated carbocycles. The van der Waals surface area contributed by atoms with Gasteiger partial charge < -0.3 is 20.3 Å². The van der Waals surface area contributed by atoms with Crippen LogP contribution in [0.3, 0.4) is 0 Å². The van der Waals surface area contributed by atoms with Gasteiger partial charge in [-0.25, -0.2) is 15.0 Å². The summed E-state index contributed by atoms with van der Waals surface area (Å²) in [6.07, 6.45) is 4.92. The van der Waals surface area contributed by atoms with Crippen molar-refractivity contribution < 1.29 is 9.53 Å². The van der Waals surface area contributed by atoms with Crippen LogP contribution >= 0.6 is 23.2 Å². The Bertz CT molecular complexity index is 1020. The number of anilines is 4. The van der Waals surface area contributed by atoms with Crippen molar-refractivity contribution in [2.75, 3.05) is 41.8 Å². The van der Waals surface area contributed by atoms with Gasteiger partial charge in [0.1, 0.15) is 17.5 Å². The molecule has 1 aromatic carbocycles. The second-order valence-corrected chi connectivity index (χ2v) is 7.28. The van der Waals surface area contributed by atoms with Gasteiger partial charge in [-0.15, -0.1) is 0 Å². The Morgan fingerprint density at radius 1 is 1.00 bits per heavy atom. The molecule has 1 aliphatic rings. The lowest BCUT2D eigenvalue weighted by Crippen LogP contribution is -2.36. The van der Waals surface area contributed by atoms with Crippen LogP contribution in [-0.2, 0) is 4.74 Å². The molecule has 1 fully saturated rings. The number of carbonyl (C=O) groups is 1. The van der Waals surface area contributed by atoms with Gasteiger partial charge in [-0.3, -0.25) is 4.79 Å². The fraction of sp³-hybridized carbons (Fsp3) is 0.200. The molecule has 154 valence electrons. The van der Waals surface area contributed by atoms with E-state index < -0.39 is 5.91 Å². The third-order valence-electron chi connectivity index (χ3n) is 4.44. The van der Waals surface area contributed by atoms with Gasteiger partial charge in [0.05, 0.1) is 41.2 Å². The summed E-state index contributed by atoms with van der Waals surface area (Å²) >= 11 is 12.2. The molecule has 2 N–H and O–H groups in total. The highest BCUT2D eigenvalue weighted by Crippen LogP contribution is 2.26. The largest absolute Gasteiger partial charge is 0.378 e. The van der Waals surface area contributed by atoms with Crippen molar-refractivity contribution in [3.8, 4) is 0 Å². The molecule has 0 aliphatic carbocycles. The molecule has 1 amide bonds. The van der Waals surface area contributed by atoms with Crippen LogP contribution in [0, 0.1) is 0 Å². The molecule has 0 spiro atoms. The molecule has 3 aromatic rings. The topological polar surface area (TPSA) is 92.3 Å².